The fourth-order valence-corrected chi connectivity index (χ4v) is 6.23. The first kappa shape index (κ1) is 31.1. The molecular formula is C34H38ClN3O7. The van der Waals surface area contributed by atoms with E-state index in [1.807, 2.05) is 42.5 Å². The van der Waals surface area contributed by atoms with Gasteiger partial charge in [-0.3, -0.25) is 14.5 Å². The van der Waals surface area contributed by atoms with Gasteiger partial charge in [-0.25, -0.2) is 4.79 Å². The van der Waals surface area contributed by atoms with E-state index in [0.29, 0.717) is 73.6 Å². The highest BCUT2D eigenvalue weighted by molar-refractivity contribution is 6.34. The highest BCUT2D eigenvalue weighted by atomic mass is 35.5. The summed E-state index contributed by atoms with van der Waals surface area (Å²) in [5, 5.41) is 11.5. The highest BCUT2D eigenvalue weighted by Gasteiger charge is 2.40. The Morgan fingerprint density at radius 2 is 1.78 bits per heavy atom. The zero-order chi connectivity index (χ0) is 31.9. The van der Waals surface area contributed by atoms with Gasteiger partial charge in [-0.15, -0.1) is 0 Å². The van der Waals surface area contributed by atoms with E-state index >= 15 is 0 Å². The van der Waals surface area contributed by atoms with E-state index in [9.17, 15) is 19.5 Å². The van der Waals surface area contributed by atoms with Crippen molar-refractivity contribution in [3.63, 3.8) is 0 Å². The van der Waals surface area contributed by atoms with E-state index in [2.05, 4.69) is 4.90 Å². The topological polar surface area (TPSA) is 109 Å². The van der Waals surface area contributed by atoms with Gasteiger partial charge in [0.05, 0.1) is 29.3 Å². The van der Waals surface area contributed by atoms with Gasteiger partial charge < -0.3 is 29.1 Å². The molecule has 0 spiro atoms. The lowest BCUT2D eigenvalue weighted by molar-refractivity contribution is -0.143. The molecule has 10 nitrogen and oxygen atoms in total. The van der Waals surface area contributed by atoms with Gasteiger partial charge in [0.15, 0.2) is 6.10 Å². The lowest BCUT2D eigenvalue weighted by Crippen LogP contribution is -2.56. The van der Waals surface area contributed by atoms with Crippen LogP contribution >= 0.6 is 11.6 Å². The van der Waals surface area contributed by atoms with E-state index in [4.69, 9.17) is 25.8 Å². The summed E-state index contributed by atoms with van der Waals surface area (Å²) >= 11 is 6.98. The smallest absolute Gasteiger partial charge is 0.407 e. The third kappa shape index (κ3) is 6.59. The molecule has 6 rings (SSSR count). The maximum Gasteiger partial charge on any atom is 0.407 e. The molecule has 3 aromatic carbocycles. The van der Waals surface area contributed by atoms with E-state index in [1.54, 1.807) is 31.7 Å². The highest BCUT2D eigenvalue weighted by Crippen LogP contribution is 2.45. The van der Waals surface area contributed by atoms with Crippen LogP contribution in [0.2, 0.25) is 5.02 Å². The van der Waals surface area contributed by atoms with Crippen molar-refractivity contribution in [2.24, 2.45) is 11.3 Å². The summed E-state index contributed by atoms with van der Waals surface area (Å²) in [7, 11) is 0. The number of fused-ring (bicyclic) bond motifs is 2. The van der Waals surface area contributed by atoms with Crippen LogP contribution < -0.4 is 14.4 Å². The molecule has 3 aliphatic rings. The summed E-state index contributed by atoms with van der Waals surface area (Å²) in [6.45, 7) is 10.1. The summed E-state index contributed by atoms with van der Waals surface area (Å²) in [5.74, 6) is 0.434. The Balaban J connectivity index is 1.37. The molecule has 2 amide bonds. The number of nitrogens with zero attached hydrogens (tertiary/aromatic N) is 3. The first-order valence-corrected chi connectivity index (χ1v) is 15.7. The van der Waals surface area contributed by atoms with E-state index in [0.717, 1.165) is 29.4 Å². The fourth-order valence-electron chi connectivity index (χ4n) is 5.97. The Bertz CT molecular complexity index is 1630. The second-order valence-electron chi connectivity index (χ2n) is 13.0. The molecule has 1 N–H and O–H groups in total. The number of morpholine rings is 1. The van der Waals surface area contributed by atoms with Crippen molar-refractivity contribution in [3.8, 4) is 22.6 Å². The van der Waals surface area contributed by atoms with Gasteiger partial charge in [0.25, 0.3) is 5.91 Å². The number of carbonyl (C=O) groups is 3. The van der Waals surface area contributed by atoms with E-state index < -0.39 is 17.6 Å². The van der Waals surface area contributed by atoms with Crippen molar-refractivity contribution >= 4 is 46.0 Å². The molecule has 0 aromatic heterocycles. The Morgan fingerprint density at radius 3 is 2.49 bits per heavy atom. The minimum atomic E-state index is -0.960. The SMILES string of the molecule is CC(C)(C)C(=O)Oc1cc(-c2cc3c(cc2Cl)N(CC2CN(C(=O)O)C2)C(=O)[C@H](CCN2CCOCC2)O3)c2ccccc2c1. The zero-order valence-corrected chi connectivity index (χ0v) is 26.5. The second kappa shape index (κ2) is 12.5. The molecule has 3 heterocycles. The van der Waals surface area contributed by atoms with Crippen LogP contribution in [0.3, 0.4) is 0 Å². The molecule has 2 saturated heterocycles. The fraction of sp³-hybridized carbons (Fsp3) is 0.441. The maximum atomic E-state index is 13.9. The van der Waals surface area contributed by atoms with Crippen molar-refractivity contribution in [1.29, 1.82) is 0 Å². The van der Waals surface area contributed by atoms with Crippen molar-refractivity contribution in [2.45, 2.75) is 33.3 Å². The number of amides is 2. The molecule has 3 aliphatic heterocycles. The van der Waals surface area contributed by atoms with Gasteiger partial charge in [-0.1, -0.05) is 35.9 Å². The summed E-state index contributed by atoms with van der Waals surface area (Å²) in [6.07, 6.45) is -1.17. The van der Waals surface area contributed by atoms with Crippen LogP contribution in [0.4, 0.5) is 10.5 Å². The monoisotopic (exact) mass is 635 g/mol. The normalized spacial score (nSPS) is 19.2. The number of esters is 1. The lowest BCUT2D eigenvalue weighted by Gasteiger charge is -2.42. The maximum absolute atomic E-state index is 13.9. The summed E-state index contributed by atoms with van der Waals surface area (Å²) < 4.78 is 17.7. The molecule has 11 heteroatoms. The number of anilines is 1. The van der Waals surface area contributed by atoms with E-state index in [1.165, 1.54) is 4.90 Å². The predicted molar refractivity (Wildman–Crippen MR) is 171 cm³/mol. The second-order valence-corrected chi connectivity index (χ2v) is 13.4. The number of halogens is 1. The molecule has 2 fully saturated rings. The zero-order valence-electron chi connectivity index (χ0n) is 25.8. The van der Waals surface area contributed by atoms with Crippen molar-refractivity contribution in [2.75, 3.05) is 57.4 Å². The molecule has 238 valence electrons. The molecule has 0 saturated carbocycles. The van der Waals surface area contributed by atoms with Crippen LogP contribution in [0.25, 0.3) is 21.9 Å². The minimum absolute atomic E-state index is 0.00692. The van der Waals surface area contributed by atoms with Gasteiger partial charge in [0, 0.05) is 57.2 Å². The number of ether oxygens (including phenoxy) is 3. The van der Waals surface area contributed by atoms with Crippen LogP contribution in [-0.2, 0) is 14.3 Å². The number of rotatable bonds is 7. The lowest BCUT2D eigenvalue weighted by atomic mass is 9.95. The molecule has 0 unspecified atom stereocenters. The number of carbonyl (C=O) groups excluding carboxylic acids is 2. The first-order valence-electron chi connectivity index (χ1n) is 15.3. The van der Waals surface area contributed by atoms with Crippen LogP contribution in [0.1, 0.15) is 27.2 Å². The molecule has 0 radical (unpaired) electrons. The number of hydrogen-bond donors (Lipinski definition) is 1. The average Bonchev–Trinajstić information content (AvgIpc) is 2.98. The van der Waals surface area contributed by atoms with Gasteiger partial charge in [-0.05, 0) is 61.4 Å². The van der Waals surface area contributed by atoms with Gasteiger partial charge in [0.2, 0.25) is 0 Å². The third-order valence-electron chi connectivity index (χ3n) is 8.58. The van der Waals surface area contributed by atoms with Crippen LogP contribution in [-0.4, -0.2) is 91.5 Å². The summed E-state index contributed by atoms with van der Waals surface area (Å²) in [5.41, 5.74) is 1.33. The van der Waals surface area contributed by atoms with Gasteiger partial charge in [0.1, 0.15) is 11.5 Å². The Labute approximate surface area is 267 Å². The standard InChI is InChI=1S/C34H38ClN3O7/c1-34(2,3)32(40)44-23-14-22-6-4-5-7-24(22)25(15-23)26-16-30-28(17-27(26)35)38(20-21-18-37(19-21)33(41)42)31(39)29(45-30)8-9-36-10-12-43-13-11-36/h4-7,14-17,21,29H,8-13,18-20H2,1-3H3,(H,41,42)/t29-/m0/s1. The summed E-state index contributed by atoms with van der Waals surface area (Å²) in [6, 6.07) is 15.1. The van der Waals surface area contributed by atoms with Crippen molar-refractivity contribution < 1.29 is 33.7 Å². The largest absolute Gasteiger partial charge is 0.478 e. The summed E-state index contributed by atoms with van der Waals surface area (Å²) in [4.78, 5) is 43.3. The molecule has 0 aliphatic carbocycles. The number of carboxylic acid groups (broad SMARTS) is 1. The average molecular weight is 636 g/mol. The number of likely N-dealkylation sites (tertiary alicyclic amines) is 1. The third-order valence-corrected chi connectivity index (χ3v) is 8.89. The van der Waals surface area contributed by atoms with Crippen molar-refractivity contribution in [3.05, 3.63) is 53.6 Å². The first-order chi connectivity index (χ1) is 21.5. The minimum Gasteiger partial charge on any atom is -0.478 e. The molecule has 1 atom stereocenters. The van der Waals surface area contributed by atoms with Gasteiger partial charge in [-0.2, -0.15) is 0 Å². The molecule has 45 heavy (non-hydrogen) atoms. The van der Waals surface area contributed by atoms with E-state index in [-0.39, 0.29) is 17.8 Å². The molecule has 3 aromatic rings. The van der Waals surface area contributed by atoms with Crippen molar-refractivity contribution in [1.82, 2.24) is 9.80 Å². The Hall–Kier alpha value is -3.86. The number of benzene rings is 3. The Kier molecular flexibility index (Phi) is 8.65. The van der Waals surface area contributed by atoms with Gasteiger partial charge >= 0.3 is 12.1 Å². The quantitative estimate of drug-likeness (QED) is 0.266. The van der Waals surface area contributed by atoms with Crippen LogP contribution in [0.15, 0.2) is 48.5 Å². The predicted octanol–water partition coefficient (Wildman–Crippen LogP) is 5.54. The molecule has 0 bridgehead atoms. The van der Waals surface area contributed by atoms with Crippen LogP contribution in [0.5, 0.6) is 11.5 Å². The Morgan fingerprint density at radius 1 is 1.04 bits per heavy atom. The molecular weight excluding hydrogens is 598 g/mol. The number of hydrogen-bond acceptors (Lipinski definition) is 7. The van der Waals surface area contributed by atoms with Crippen LogP contribution in [0, 0.1) is 11.3 Å².